The van der Waals surface area contributed by atoms with Crippen LogP contribution in [0.3, 0.4) is 0 Å². The van der Waals surface area contributed by atoms with Crippen molar-refractivity contribution in [2.75, 3.05) is 26.2 Å². The molecular formula is C9H21N3. The molecule has 0 aliphatic carbocycles. The summed E-state index contributed by atoms with van der Waals surface area (Å²) in [4.78, 5) is 2.50. The average molecular weight is 171 g/mol. The monoisotopic (exact) mass is 171 g/mol. The minimum Gasteiger partial charge on any atom is -0.297 e. The zero-order valence-electron chi connectivity index (χ0n) is 8.51. The quantitative estimate of drug-likeness (QED) is 0.544. The van der Waals surface area contributed by atoms with E-state index in [0.29, 0.717) is 5.54 Å². The summed E-state index contributed by atoms with van der Waals surface area (Å²) in [7, 11) is 0. The van der Waals surface area contributed by atoms with Crippen molar-refractivity contribution in [1.82, 2.24) is 9.91 Å². The molecular weight excluding hydrogens is 150 g/mol. The molecule has 72 valence electrons. The fourth-order valence-electron chi connectivity index (χ4n) is 1.61. The standard InChI is InChI=1S/C9H21N3/c1-9(2,3)11-5-4-6-12(10)8-7-11/h4-8,10H2,1-3H3. The SMILES string of the molecule is CC(C)(C)N1CCCN(N)CC1. The van der Waals surface area contributed by atoms with Gasteiger partial charge in [0.05, 0.1) is 0 Å². The molecule has 1 aliphatic heterocycles. The zero-order chi connectivity index (χ0) is 9.19. The molecule has 0 spiro atoms. The van der Waals surface area contributed by atoms with Crippen molar-refractivity contribution in [1.29, 1.82) is 0 Å². The summed E-state index contributed by atoms with van der Waals surface area (Å²) in [5.74, 6) is 5.75. The van der Waals surface area contributed by atoms with Gasteiger partial charge in [0.15, 0.2) is 0 Å². The summed E-state index contributed by atoms with van der Waals surface area (Å²) >= 11 is 0. The Bertz CT molecular complexity index is 139. The number of hydrogen-bond acceptors (Lipinski definition) is 3. The first-order valence-corrected chi connectivity index (χ1v) is 4.75. The van der Waals surface area contributed by atoms with Gasteiger partial charge in [0, 0.05) is 25.2 Å². The van der Waals surface area contributed by atoms with E-state index >= 15 is 0 Å². The van der Waals surface area contributed by atoms with Crippen LogP contribution in [-0.2, 0) is 0 Å². The fourth-order valence-corrected chi connectivity index (χ4v) is 1.61. The number of hydrazine groups is 1. The molecule has 1 saturated heterocycles. The van der Waals surface area contributed by atoms with E-state index in [1.54, 1.807) is 0 Å². The van der Waals surface area contributed by atoms with Crippen molar-refractivity contribution in [3.8, 4) is 0 Å². The van der Waals surface area contributed by atoms with Crippen LogP contribution in [0.4, 0.5) is 0 Å². The van der Waals surface area contributed by atoms with Crippen molar-refractivity contribution < 1.29 is 0 Å². The van der Waals surface area contributed by atoms with E-state index < -0.39 is 0 Å². The second-order valence-corrected chi connectivity index (χ2v) is 4.55. The Balaban J connectivity index is 2.46. The summed E-state index contributed by atoms with van der Waals surface area (Å²) in [6, 6.07) is 0. The maximum Gasteiger partial charge on any atom is 0.0256 e. The predicted octanol–water partition coefficient (Wildman–Crippen LogP) is 0.666. The van der Waals surface area contributed by atoms with Gasteiger partial charge in [-0.3, -0.25) is 10.7 Å². The van der Waals surface area contributed by atoms with Crippen LogP contribution in [0.5, 0.6) is 0 Å². The molecule has 0 radical (unpaired) electrons. The summed E-state index contributed by atoms with van der Waals surface area (Å²) in [5.41, 5.74) is 0.297. The molecule has 0 aromatic carbocycles. The molecule has 0 aromatic heterocycles. The lowest BCUT2D eigenvalue weighted by Gasteiger charge is -2.34. The average Bonchev–Trinajstić information content (AvgIpc) is 2.11. The van der Waals surface area contributed by atoms with Gasteiger partial charge in [-0.05, 0) is 33.7 Å². The van der Waals surface area contributed by atoms with Gasteiger partial charge in [0.25, 0.3) is 0 Å². The largest absolute Gasteiger partial charge is 0.297 e. The highest BCUT2D eigenvalue weighted by atomic mass is 15.4. The van der Waals surface area contributed by atoms with E-state index in [9.17, 15) is 0 Å². The highest BCUT2D eigenvalue weighted by Gasteiger charge is 2.22. The number of nitrogens with two attached hydrogens (primary N) is 1. The third-order valence-electron chi connectivity index (χ3n) is 2.48. The van der Waals surface area contributed by atoms with Crippen LogP contribution in [0, 0.1) is 0 Å². The molecule has 1 rings (SSSR count). The van der Waals surface area contributed by atoms with Gasteiger partial charge in [0.2, 0.25) is 0 Å². The highest BCUT2D eigenvalue weighted by Crippen LogP contribution is 2.14. The van der Waals surface area contributed by atoms with Crippen molar-refractivity contribution in [3.05, 3.63) is 0 Å². The van der Waals surface area contributed by atoms with Gasteiger partial charge >= 0.3 is 0 Å². The Morgan fingerprint density at radius 2 is 1.67 bits per heavy atom. The molecule has 0 amide bonds. The first kappa shape index (κ1) is 9.96. The number of hydrogen-bond donors (Lipinski definition) is 1. The first-order valence-electron chi connectivity index (χ1n) is 4.75. The van der Waals surface area contributed by atoms with Crippen molar-refractivity contribution >= 4 is 0 Å². The first-order chi connectivity index (χ1) is 5.50. The van der Waals surface area contributed by atoms with Crippen LogP contribution >= 0.6 is 0 Å². The van der Waals surface area contributed by atoms with E-state index in [4.69, 9.17) is 5.84 Å². The van der Waals surface area contributed by atoms with Gasteiger partial charge in [-0.1, -0.05) is 0 Å². The third kappa shape index (κ3) is 2.73. The summed E-state index contributed by atoms with van der Waals surface area (Å²) in [5, 5.41) is 1.92. The normalized spacial score (nSPS) is 24.0. The van der Waals surface area contributed by atoms with Gasteiger partial charge in [-0.15, -0.1) is 0 Å². The fraction of sp³-hybridized carbons (Fsp3) is 1.00. The lowest BCUT2D eigenvalue weighted by molar-refractivity contribution is 0.141. The maximum absolute atomic E-state index is 5.75. The summed E-state index contributed by atoms with van der Waals surface area (Å²) in [6.07, 6.45) is 1.19. The van der Waals surface area contributed by atoms with Crippen LogP contribution in [0.1, 0.15) is 27.2 Å². The van der Waals surface area contributed by atoms with Crippen molar-refractivity contribution in [2.24, 2.45) is 5.84 Å². The van der Waals surface area contributed by atoms with E-state index in [1.807, 2.05) is 5.01 Å². The molecule has 0 bridgehead atoms. The topological polar surface area (TPSA) is 32.5 Å². The molecule has 2 N–H and O–H groups in total. The second kappa shape index (κ2) is 3.73. The molecule has 0 atom stereocenters. The molecule has 0 saturated carbocycles. The molecule has 1 fully saturated rings. The smallest absolute Gasteiger partial charge is 0.0256 e. The number of nitrogens with zero attached hydrogens (tertiary/aromatic N) is 2. The van der Waals surface area contributed by atoms with Gasteiger partial charge in [0.1, 0.15) is 0 Å². The minimum atomic E-state index is 0.297. The Morgan fingerprint density at radius 1 is 1.00 bits per heavy atom. The molecule has 12 heavy (non-hydrogen) atoms. The van der Waals surface area contributed by atoms with Crippen LogP contribution in [0.2, 0.25) is 0 Å². The molecule has 0 aromatic rings. The number of rotatable bonds is 0. The molecule has 3 nitrogen and oxygen atoms in total. The van der Waals surface area contributed by atoms with Crippen LogP contribution in [0.15, 0.2) is 0 Å². The Morgan fingerprint density at radius 3 is 2.25 bits per heavy atom. The lowest BCUT2D eigenvalue weighted by Crippen LogP contribution is -2.44. The van der Waals surface area contributed by atoms with Crippen LogP contribution in [0.25, 0.3) is 0 Å². The van der Waals surface area contributed by atoms with E-state index in [2.05, 4.69) is 25.7 Å². The molecule has 1 aliphatic rings. The van der Waals surface area contributed by atoms with Crippen molar-refractivity contribution in [3.63, 3.8) is 0 Å². The molecule has 1 heterocycles. The van der Waals surface area contributed by atoms with Gasteiger partial charge in [-0.25, -0.2) is 5.01 Å². The van der Waals surface area contributed by atoms with Gasteiger partial charge in [-0.2, -0.15) is 0 Å². The lowest BCUT2D eigenvalue weighted by atomic mass is 10.1. The summed E-state index contributed by atoms with van der Waals surface area (Å²) < 4.78 is 0. The summed E-state index contributed by atoms with van der Waals surface area (Å²) in [6.45, 7) is 11.1. The Kier molecular flexibility index (Phi) is 3.09. The minimum absolute atomic E-state index is 0.297. The van der Waals surface area contributed by atoms with E-state index in [1.165, 1.54) is 13.0 Å². The van der Waals surface area contributed by atoms with Crippen LogP contribution < -0.4 is 5.84 Å². The van der Waals surface area contributed by atoms with Gasteiger partial charge < -0.3 is 0 Å². The maximum atomic E-state index is 5.75. The molecule has 3 heteroatoms. The highest BCUT2D eigenvalue weighted by molar-refractivity contribution is 4.78. The zero-order valence-corrected chi connectivity index (χ0v) is 8.51. The van der Waals surface area contributed by atoms with Crippen LogP contribution in [-0.4, -0.2) is 41.6 Å². The Hall–Kier alpha value is -0.120. The van der Waals surface area contributed by atoms with Crippen molar-refractivity contribution in [2.45, 2.75) is 32.7 Å². The third-order valence-corrected chi connectivity index (χ3v) is 2.48. The Labute approximate surface area is 75.5 Å². The second-order valence-electron chi connectivity index (χ2n) is 4.55. The van der Waals surface area contributed by atoms with E-state index in [-0.39, 0.29) is 0 Å². The van der Waals surface area contributed by atoms with E-state index in [0.717, 1.165) is 19.6 Å². The molecule has 0 unspecified atom stereocenters. The predicted molar refractivity (Wildman–Crippen MR) is 51.7 cm³/mol.